The van der Waals surface area contributed by atoms with Crippen LogP contribution >= 0.6 is 11.3 Å². The van der Waals surface area contributed by atoms with Gasteiger partial charge in [0.15, 0.2) is 0 Å². The van der Waals surface area contributed by atoms with Gasteiger partial charge < -0.3 is 10.2 Å². The fraction of sp³-hybridized carbons (Fsp3) is 0.643. The number of rotatable bonds is 4. The van der Waals surface area contributed by atoms with Crippen LogP contribution in [-0.4, -0.2) is 41.3 Å². The van der Waals surface area contributed by atoms with E-state index in [1.54, 1.807) is 18.3 Å². The van der Waals surface area contributed by atoms with Crippen LogP contribution in [0.4, 0.5) is 0 Å². The fourth-order valence-electron chi connectivity index (χ4n) is 2.44. The summed E-state index contributed by atoms with van der Waals surface area (Å²) >= 11 is 1.63. The van der Waals surface area contributed by atoms with Crippen molar-refractivity contribution in [1.82, 2.24) is 15.2 Å². The second-order valence-electron chi connectivity index (χ2n) is 5.18. The number of aryl methyl sites for hydroxylation is 1. The van der Waals surface area contributed by atoms with Crippen molar-refractivity contribution in [3.8, 4) is 0 Å². The first-order valence-corrected chi connectivity index (χ1v) is 7.88. The van der Waals surface area contributed by atoms with Crippen molar-refractivity contribution in [2.45, 2.75) is 33.1 Å². The Morgan fingerprint density at radius 2 is 2.15 bits per heavy atom. The molecule has 1 saturated heterocycles. The maximum absolute atomic E-state index is 12.0. The van der Waals surface area contributed by atoms with E-state index in [0.717, 1.165) is 30.0 Å². The molecule has 0 spiro atoms. The van der Waals surface area contributed by atoms with E-state index in [1.165, 1.54) is 0 Å². The van der Waals surface area contributed by atoms with E-state index in [-0.39, 0.29) is 17.7 Å². The van der Waals surface area contributed by atoms with Crippen LogP contribution in [0.15, 0.2) is 5.38 Å². The molecule has 1 aromatic heterocycles. The number of aromatic nitrogens is 1. The summed E-state index contributed by atoms with van der Waals surface area (Å²) in [5.41, 5.74) is 1.04. The molecule has 0 atom stereocenters. The Balaban J connectivity index is 1.69. The summed E-state index contributed by atoms with van der Waals surface area (Å²) in [5, 5.41) is 6.07. The van der Waals surface area contributed by atoms with Crippen LogP contribution in [0.1, 0.15) is 30.5 Å². The van der Waals surface area contributed by atoms with Gasteiger partial charge in [-0.1, -0.05) is 0 Å². The van der Waals surface area contributed by atoms with E-state index in [2.05, 4.69) is 10.3 Å². The van der Waals surface area contributed by atoms with Gasteiger partial charge in [0.1, 0.15) is 0 Å². The van der Waals surface area contributed by atoms with Gasteiger partial charge >= 0.3 is 0 Å². The monoisotopic (exact) mass is 295 g/mol. The first-order chi connectivity index (χ1) is 9.56. The van der Waals surface area contributed by atoms with E-state index < -0.39 is 0 Å². The lowest BCUT2D eigenvalue weighted by Crippen LogP contribution is -2.42. The minimum absolute atomic E-state index is 0.0442. The van der Waals surface area contributed by atoms with Crippen molar-refractivity contribution < 1.29 is 9.59 Å². The van der Waals surface area contributed by atoms with Gasteiger partial charge in [-0.05, 0) is 19.8 Å². The Bertz CT molecular complexity index is 479. The zero-order valence-corrected chi connectivity index (χ0v) is 12.8. The summed E-state index contributed by atoms with van der Waals surface area (Å²) in [4.78, 5) is 29.4. The summed E-state index contributed by atoms with van der Waals surface area (Å²) in [5.74, 6) is 0.255. The van der Waals surface area contributed by atoms with Gasteiger partial charge in [0.25, 0.3) is 0 Å². The Kier molecular flexibility index (Phi) is 5.11. The second kappa shape index (κ2) is 6.83. The molecule has 1 aliphatic heterocycles. The number of nitrogens with zero attached hydrogens (tertiary/aromatic N) is 2. The molecule has 2 rings (SSSR count). The molecule has 0 aromatic carbocycles. The van der Waals surface area contributed by atoms with Gasteiger partial charge in [-0.15, -0.1) is 11.3 Å². The first-order valence-electron chi connectivity index (χ1n) is 7.00. The maximum atomic E-state index is 12.0. The van der Waals surface area contributed by atoms with Crippen molar-refractivity contribution >= 4 is 23.2 Å². The summed E-state index contributed by atoms with van der Waals surface area (Å²) < 4.78 is 0. The number of hydrogen-bond acceptors (Lipinski definition) is 4. The number of likely N-dealkylation sites (tertiary alicyclic amines) is 1. The van der Waals surface area contributed by atoms with E-state index in [1.807, 2.05) is 17.2 Å². The fourth-order valence-corrected chi connectivity index (χ4v) is 3.08. The molecule has 1 N–H and O–H groups in total. The Labute approximate surface area is 123 Å². The third-order valence-corrected chi connectivity index (χ3v) is 4.48. The number of piperidine rings is 1. The normalized spacial score (nSPS) is 16.2. The molecule has 20 heavy (non-hydrogen) atoms. The Morgan fingerprint density at radius 1 is 1.45 bits per heavy atom. The lowest BCUT2D eigenvalue weighted by atomic mass is 9.96. The maximum Gasteiger partial charge on any atom is 0.223 e. The lowest BCUT2D eigenvalue weighted by Gasteiger charge is -2.30. The molecule has 1 aromatic rings. The molecule has 1 fully saturated rings. The molecule has 0 bridgehead atoms. The third kappa shape index (κ3) is 4.03. The van der Waals surface area contributed by atoms with Crippen molar-refractivity contribution in [1.29, 1.82) is 0 Å². The van der Waals surface area contributed by atoms with Crippen LogP contribution in [0.5, 0.6) is 0 Å². The topological polar surface area (TPSA) is 62.3 Å². The van der Waals surface area contributed by atoms with Crippen molar-refractivity contribution in [2.75, 3.05) is 19.6 Å². The van der Waals surface area contributed by atoms with E-state index in [4.69, 9.17) is 0 Å². The van der Waals surface area contributed by atoms with E-state index >= 15 is 0 Å². The van der Waals surface area contributed by atoms with Gasteiger partial charge in [0.05, 0.1) is 10.7 Å². The molecule has 1 aliphatic rings. The molecule has 0 aliphatic carbocycles. The summed E-state index contributed by atoms with van der Waals surface area (Å²) in [7, 11) is 0. The van der Waals surface area contributed by atoms with Crippen LogP contribution in [-0.2, 0) is 16.0 Å². The van der Waals surface area contributed by atoms with Crippen molar-refractivity contribution in [3.05, 3.63) is 16.1 Å². The van der Waals surface area contributed by atoms with Crippen LogP contribution in [0.25, 0.3) is 0 Å². The standard InChI is InChI=1S/C14H21N3O2S/c1-10-16-13(9-20-10)3-6-15-14(19)12-4-7-17(8-5-12)11(2)18/h9,12H,3-8H2,1-2H3,(H,15,19). The van der Waals surface area contributed by atoms with Crippen molar-refractivity contribution in [3.63, 3.8) is 0 Å². The van der Waals surface area contributed by atoms with Gasteiger partial charge in [-0.2, -0.15) is 0 Å². The van der Waals surface area contributed by atoms with Crippen LogP contribution < -0.4 is 5.32 Å². The third-order valence-electron chi connectivity index (χ3n) is 3.66. The number of hydrogen-bond donors (Lipinski definition) is 1. The van der Waals surface area contributed by atoms with Crippen molar-refractivity contribution in [2.24, 2.45) is 5.92 Å². The largest absolute Gasteiger partial charge is 0.355 e. The highest BCUT2D eigenvalue weighted by atomic mass is 32.1. The Morgan fingerprint density at radius 3 is 2.70 bits per heavy atom. The van der Waals surface area contributed by atoms with Crippen LogP contribution in [0, 0.1) is 12.8 Å². The number of carbonyl (C=O) groups excluding carboxylic acids is 2. The first kappa shape index (κ1) is 15.0. The highest BCUT2D eigenvalue weighted by molar-refractivity contribution is 7.09. The zero-order valence-electron chi connectivity index (χ0n) is 12.0. The zero-order chi connectivity index (χ0) is 14.5. The van der Waals surface area contributed by atoms with Gasteiger partial charge in [-0.3, -0.25) is 9.59 Å². The number of amides is 2. The smallest absolute Gasteiger partial charge is 0.223 e. The van der Waals surface area contributed by atoms with Crippen LogP contribution in [0.2, 0.25) is 0 Å². The molecule has 110 valence electrons. The molecular weight excluding hydrogens is 274 g/mol. The molecule has 2 amide bonds. The number of carbonyl (C=O) groups is 2. The number of thiazole rings is 1. The van der Waals surface area contributed by atoms with E-state index in [9.17, 15) is 9.59 Å². The van der Waals surface area contributed by atoms with E-state index in [0.29, 0.717) is 19.6 Å². The van der Waals surface area contributed by atoms with Gasteiger partial charge in [-0.25, -0.2) is 4.98 Å². The highest BCUT2D eigenvalue weighted by Gasteiger charge is 2.25. The SMILES string of the molecule is CC(=O)N1CCC(C(=O)NCCc2csc(C)n2)CC1. The predicted octanol–water partition coefficient (Wildman–Crippen LogP) is 1.37. The minimum atomic E-state index is 0.0442. The molecule has 2 heterocycles. The predicted molar refractivity (Wildman–Crippen MR) is 78.5 cm³/mol. The number of nitrogens with one attached hydrogen (secondary N) is 1. The average molecular weight is 295 g/mol. The second-order valence-corrected chi connectivity index (χ2v) is 6.24. The average Bonchev–Trinajstić information content (AvgIpc) is 2.84. The quantitative estimate of drug-likeness (QED) is 0.912. The summed E-state index contributed by atoms with van der Waals surface area (Å²) in [6, 6.07) is 0. The molecule has 5 nitrogen and oxygen atoms in total. The minimum Gasteiger partial charge on any atom is -0.355 e. The molecular formula is C14H21N3O2S. The molecule has 6 heteroatoms. The Hall–Kier alpha value is -1.43. The van der Waals surface area contributed by atoms with Gasteiger partial charge in [0.2, 0.25) is 11.8 Å². The molecule has 0 unspecified atom stereocenters. The lowest BCUT2D eigenvalue weighted by molar-refractivity contribution is -0.133. The highest BCUT2D eigenvalue weighted by Crippen LogP contribution is 2.17. The molecule has 0 saturated carbocycles. The summed E-state index contributed by atoms with van der Waals surface area (Å²) in [6.45, 7) is 5.58. The van der Waals surface area contributed by atoms with Crippen LogP contribution in [0.3, 0.4) is 0 Å². The van der Waals surface area contributed by atoms with Gasteiger partial charge in [0, 0.05) is 44.3 Å². The summed E-state index contributed by atoms with van der Waals surface area (Å²) in [6.07, 6.45) is 2.31. The molecule has 0 radical (unpaired) electrons.